The zero-order valence-corrected chi connectivity index (χ0v) is 16.5. The van der Waals surface area contributed by atoms with Gasteiger partial charge in [0.15, 0.2) is 0 Å². The van der Waals surface area contributed by atoms with E-state index in [1.165, 1.54) is 0 Å². The molecule has 0 unspecified atom stereocenters. The van der Waals surface area contributed by atoms with Crippen molar-refractivity contribution in [2.45, 2.75) is 17.7 Å². The number of aromatic nitrogens is 4. The second kappa shape index (κ2) is 8.43. The van der Waals surface area contributed by atoms with Crippen molar-refractivity contribution >= 4 is 29.2 Å². The van der Waals surface area contributed by atoms with Crippen LogP contribution in [0.3, 0.4) is 0 Å². The molecule has 1 N–H and O–H groups in total. The molecule has 28 heavy (non-hydrogen) atoms. The van der Waals surface area contributed by atoms with Crippen LogP contribution in [-0.2, 0) is 4.79 Å². The molecular weight excluding hydrogens is 372 g/mol. The van der Waals surface area contributed by atoms with Gasteiger partial charge in [-0.1, -0.05) is 12.1 Å². The van der Waals surface area contributed by atoms with Crippen molar-refractivity contribution in [2.75, 3.05) is 29.6 Å². The second-order valence-corrected chi connectivity index (χ2v) is 7.50. The molecule has 1 aliphatic rings. The van der Waals surface area contributed by atoms with E-state index in [1.54, 1.807) is 30.6 Å². The highest BCUT2D eigenvalue weighted by Gasteiger charge is 2.26. The van der Waals surface area contributed by atoms with Gasteiger partial charge in [-0.05, 0) is 31.2 Å². The summed E-state index contributed by atoms with van der Waals surface area (Å²) in [5.41, 5.74) is 0.892. The van der Waals surface area contributed by atoms with E-state index in [-0.39, 0.29) is 11.8 Å². The van der Waals surface area contributed by atoms with Crippen molar-refractivity contribution in [3.05, 3.63) is 55.4 Å². The number of carbonyl (C=O) groups is 1. The van der Waals surface area contributed by atoms with Gasteiger partial charge in [0.2, 0.25) is 5.91 Å². The summed E-state index contributed by atoms with van der Waals surface area (Å²) in [7, 11) is 0. The molecule has 0 bridgehead atoms. The first kappa shape index (κ1) is 18.5. The Bertz CT molecular complexity index is 937. The summed E-state index contributed by atoms with van der Waals surface area (Å²) >= 11 is 1.64. The zero-order chi connectivity index (χ0) is 19.3. The van der Waals surface area contributed by atoms with Gasteiger partial charge in [-0.3, -0.25) is 9.36 Å². The normalized spacial score (nSPS) is 14.8. The Kier molecular flexibility index (Phi) is 5.57. The van der Waals surface area contributed by atoms with Crippen molar-refractivity contribution in [3.63, 3.8) is 0 Å². The van der Waals surface area contributed by atoms with E-state index in [9.17, 15) is 4.79 Å². The molecule has 0 spiro atoms. The third kappa shape index (κ3) is 4.01. The van der Waals surface area contributed by atoms with Crippen LogP contribution in [0.25, 0.3) is 5.82 Å². The number of para-hydroxylation sites is 1. The maximum atomic E-state index is 12.7. The number of hydrogen-bond donors (Lipinski definition) is 1. The lowest BCUT2D eigenvalue weighted by atomic mass is 9.96. The monoisotopic (exact) mass is 394 g/mol. The van der Waals surface area contributed by atoms with Gasteiger partial charge in [0, 0.05) is 42.4 Å². The lowest BCUT2D eigenvalue weighted by Crippen LogP contribution is -2.38. The number of rotatable bonds is 5. The summed E-state index contributed by atoms with van der Waals surface area (Å²) in [6, 6.07) is 9.87. The van der Waals surface area contributed by atoms with Crippen molar-refractivity contribution in [3.8, 4) is 5.82 Å². The molecule has 1 aromatic carbocycles. The quantitative estimate of drug-likeness (QED) is 0.670. The average molecular weight is 395 g/mol. The fourth-order valence-electron chi connectivity index (χ4n) is 3.40. The molecule has 3 aromatic rings. The highest BCUT2D eigenvalue weighted by atomic mass is 32.2. The van der Waals surface area contributed by atoms with Gasteiger partial charge in [0.1, 0.15) is 24.3 Å². The molecule has 144 valence electrons. The van der Waals surface area contributed by atoms with Crippen LogP contribution in [-0.4, -0.2) is 44.8 Å². The van der Waals surface area contributed by atoms with E-state index in [4.69, 9.17) is 0 Å². The number of nitrogens with one attached hydrogen (secondary N) is 1. The van der Waals surface area contributed by atoms with Crippen molar-refractivity contribution in [1.29, 1.82) is 0 Å². The zero-order valence-electron chi connectivity index (χ0n) is 15.7. The van der Waals surface area contributed by atoms with Gasteiger partial charge in [-0.15, -0.1) is 11.8 Å². The summed E-state index contributed by atoms with van der Waals surface area (Å²) in [5.74, 6) is 1.78. The number of nitrogens with zero attached hydrogens (tertiary/aromatic N) is 5. The molecule has 0 radical (unpaired) electrons. The van der Waals surface area contributed by atoms with Gasteiger partial charge >= 0.3 is 0 Å². The minimum Gasteiger partial charge on any atom is -0.356 e. The van der Waals surface area contributed by atoms with Crippen LogP contribution in [0.15, 0.2) is 60.3 Å². The summed E-state index contributed by atoms with van der Waals surface area (Å²) in [6.45, 7) is 1.59. The molecule has 3 heterocycles. The lowest BCUT2D eigenvalue weighted by Gasteiger charge is -2.32. The molecule has 8 heteroatoms. The van der Waals surface area contributed by atoms with Crippen LogP contribution in [0, 0.1) is 5.92 Å². The molecule has 0 atom stereocenters. The summed E-state index contributed by atoms with van der Waals surface area (Å²) < 4.78 is 1.86. The van der Waals surface area contributed by atoms with Crippen LogP contribution in [0.2, 0.25) is 0 Å². The third-order valence-corrected chi connectivity index (χ3v) is 5.76. The molecule has 1 saturated heterocycles. The van der Waals surface area contributed by atoms with Crippen LogP contribution >= 0.6 is 11.8 Å². The van der Waals surface area contributed by atoms with Gasteiger partial charge < -0.3 is 10.2 Å². The topological polar surface area (TPSA) is 75.9 Å². The van der Waals surface area contributed by atoms with Gasteiger partial charge in [0.25, 0.3) is 0 Å². The van der Waals surface area contributed by atoms with E-state index < -0.39 is 0 Å². The summed E-state index contributed by atoms with van der Waals surface area (Å²) in [5, 5.41) is 3.10. The average Bonchev–Trinajstić information content (AvgIpc) is 3.29. The maximum Gasteiger partial charge on any atom is 0.227 e. The first-order valence-electron chi connectivity index (χ1n) is 9.24. The lowest BCUT2D eigenvalue weighted by molar-refractivity contribution is -0.120. The first-order valence-corrected chi connectivity index (χ1v) is 10.5. The number of anilines is 2. The summed E-state index contributed by atoms with van der Waals surface area (Å²) in [4.78, 5) is 28.8. The largest absolute Gasteiger partial charge is 0.356 e. The highest BCUT2D eigenvalue weighted by molar-refractivity contribution is 7.98. The van der Waals surface area contributed by atoms with E-state index in [1.807, 2.05) is 47.4 Å². The number of benzene rings is 1. The number of piperidine rings is 1. The van der Waals surface area contributed by atoms with Crippen LogP contribution in [0.1, 0.15) is 12.8 Å². The predicted molar refractivity (Wildman–Crippen MR) is 111 cm³/mol. The Balaban J connectivity index is 1.38. The molecule has 2 aromatic heterocycles. The van der Waals surface area contributed by atoms with Crippen molar-refractivity contribution in [1.82, 2.24) is 19.5 Å². The fraction of sp³-hybridized carbons (Fsp3) is 0.300. The molecule has 4 rings (SSSR count). The van der Waals surface area contributed by atoms with Crippen molar-refractivity contribution < 1.29 is 4.79 Å². The smallest absolute Gasteiger partial charge is 0.227 e. The summed E-state index contributed by atoms with van der Waals surface area (Å²) in [6.07, 6.45) is 10.5. The van der Waals surface area contributed by atoms with Crippen LogP contribution in [0.4, 0.5) is 11.5 Å². The molecule has 1 fully saturated rings. The number of imidazole rings is 1. The Morgan fingerprint density at radius 2 is 1.96 bits per heavy atom. The number of thioether (sulfide) groups is 1. The van der Waals surface area contributed by atoms with E-state index >= 15 is 0 Å². The first-order chi connectivity index (χ1) is 13.7. The van der Waals surface area contributed by atoms with Gasteiger partial charge in [0.05, 0.1) is 5.69 Å². The molecule has 0 saturated carbocycles. The number of carbonyl (C=O) groups excluding carboxylic acids is 1. The van der Waals surface area contributed by atoms with E-state index in [0.717, 1.165) is 48.1 Å². The Morgan fingerprint density at radius 3 is 2.71 bits per heavy atom. The third-order valence-electron chi connectivity index (χ3n) is 4.96. The van der Waals surface area contributed by atoms with Crippen molar-refractivity contribution in [2.24, 2.45) is 5.92 Å². The van der Waals surface area contributed by atoms with Crippen LogP contribution < -0.4 is 10.2 Å². The van der Waals surface area contributed by atoms with Gasteiger partial charge in [-0.2, -0.15) is 0 Å². The number of amides is 1. The fourth-order valence-corrected chi connectivity index (χ4v) is 3.95. The van der Waals surface area contributed by atoms with Crippen LogP contribution in [0.5, 0.6) is 0 Å². The Morgan fingerprint density at radius 1 is 1.18 bits per heavy atom. The standard InChI is InChI=1S/C20H22N6OS/c1-28-17-5-3-2-4-16(17)24-20(27)15-6-9-25(10-7-15)18-12-19(23-13-22-18)26-11-8-21-14-26/h2-5,8,11-15H,6-7,9-10H2,1H3,(H,24,27). The molecule has 1 aliphatic heterocycles. The molecule has 0 aliphatic carbocycles. The predicted octanol–water partition coefficient (Wildman–Crippen LogP) is 3.24. The second-order valence-electron chi connectivity index (χ2n) is 6.66. The highest BCUT2D eigenvalue weighted by Crippen LogP contribution is 2.27. The minimum absolute atomic E-state index is 0.0149. The molecular formula is C20H22N6OS. The SMILES string of the molecule is CSc1ccccc1NC(=O)C1CCN(c2cc(-n3ccnc3)ncn2)CC1. The molecule has 7 nitrogen and oxygen atoms in total. The Hall–Kier alpha value is -2.87. The number of hydrogen-bond acceptors (Lipinski definition) is 6. The molecule has 1 amide bonds. The van der Waals surface area contributed by atoms with E-state index in [2.05, 4.69) is 25.2 Å². The van der Waals surface area contributed by atoms with E-state index in [0.29, 0.717) is 0 Å². The maximum absolute atomic E-state index is 12.7. The van der Waals surface area contributed by atoms with Gasteiger partial charge in [-0.25, -0.2) is 15.0 Å². The Labute approximate surface area is 168 Å². The minimum atomic E-state index is 0.0149.